The molecule has 1 aromatic heterocycles. The van der Waals surface area contributed by atoms with Crippen LogP contribution in [0.4, 0.5) is 13.2 Å². The lowest BCUT2D eigenvalue weighted by atomic mass is 9.77. The molecule has 0 fully saturated rings. The summed E-state index contributed by atoms with van der Waals surface area (Å²) in [5, 5.41) is 9.13. The fraction of sp³-hybridized carbons (Fsp3) is 0.412. The van der Waals surface area contributed by atoms with E-state index in [-0.39, 0.29) is 29.7 Å². The maximum absolute atomic E-state index is 14.9. The van der Waals surface area contributed by atoms with E-state index < -0.39 is 28.8 Å². The van der Waals surface area contributed by atoms with Gasteiger partial charge in [0.15, 0.2) is 11.6 Å². The first-order chi connectivity index (χ1) is 10.7. The summed E-state index contributed by atoms with van der Waals surface area (Å²) < 4.78 is 42.8. The third kappa shape index (κ3) is 2.46. The minimum Gasteiger partial charge on any atom is -0.478 e. The van der Waals surface area contributed by atoms with Gasteiger partial charge in [0.2, 0.25) is 0 Å². The molecular formula is C17H16F3NO2. The third-order valence-electron chi connectivity index (χ3n) is 4.68. The fourth-order valence-electron chi connectivity index (χ4n) is 3.09. The van der Waals surface area contributed by atoms with Gasteiger partial charge in [0.25, 0.3) is 0 Å². The molecule has 0 spiro atoms. The van der Waals surface area contributed by atoms with Gasteiger partial charge in [-0.05, 0) is 36.5 Å². The van der Waals surface area contributed by atoms with E-state index in [0.717, 1.165) is 6.07 Å². The highest BCUT2D eigenvalue weighted by Gasteiger charge is 2.38. The number of carboxylic acid groups (broad SMARTS) is 1. The van der Waals surface area contributed by atoms with Crippen LogP contribution in [0, 0.1) is 17.6 Å². The second-order valence-corrected chi connectivity index (χ2v) is 6.39. The lowest BCUT2D eigenvalue weighted by molar-refractivity contribution is 0.0690. The van der Waals surface area contributed by atoms with Crippen LogP contribution in [0.2, 0.25) is 0 Å². The van der Waals surface area contributed by atoms with Crippen LogP contribution in [0.3, 0.4) is 0 Å². The average molecular weight is 323 g/mol. The topological polar surface area (TPSA) is 50.2 Å². The number of aromatic carboxylic acids is 1. The van der Waals surface area contributed by atoms with E-state index in [0.29, 0.717) is 17.7 Å². The Bertz CT molecular complexity index is 819. The fourth-order valence-corrected chi connectivity index (χ4v) is 3.09. The number of aromatic nitrogens is 1. The maximum atomic E-state index is 14.9. The van der Waals surface area contributed by atoms with Gasteiger partial charge in [-0.3, -0.25) is 0 Å². The SMILES string of the molecule is CC(C)[C@]1(F)CCc2nc3c(F)c(F)c(C(=O)O)cc3cc2C1. The normalized spacial score (nSPS) is 20.8. The number of alkyl halides is 1. The van der Waals surface area contributed by atoms with Crippen molar-refractivity contribution in [3.05, 3.63) is 40.6 Å². The molecule has 1 aliphatic carbocycles. The molecule has 3 nitrogen and oxygen atoms in total. The number of nitrogens with zero attached hydrogens (tertiary/aromatic N) is 1. The third-order valence-corrected chi connectivity index (χ3v) is 4.68. The number of hydrogen-bond acceptors (Lipinski definition) is 2. The van der Waals surface area contributed by atoms with Gasteiger partial charge in [0.05, 0.1) is 5.56 Å². The van der Waals surface area contributed by atoms with E-state index >= 15 is 0 Å². The summed E-state index contributed by atoms with van der Waals surface area (Å²) in [6, 6.07) is 2.58. The van der Waals surface area contributed by atoms with Crippen LogP contribution in [0.1, 0.15) is 41.9 Å². The quantitative estimate of drug-likeness (QED) is 0.906. The molecule has 0 saturated carbocycles. The number of fused-ring (bicyclic) bond motifs is 2. The average Bonchev–Trinajstić information content (AvgIpc) is 2.49. The molecule has 1 aromatic carbocycles. The highest BCUT2D eigenvalue weighted by molar-refractivity contribution is 5.94. The van der Waals surface area contributed by atoms with E-state index in [1.54, 1.807) is 13.8 Å². The molecule has 0 radical (unpaired) electrons. The van der Waals surface area contributed by atoms with Crippen LogP contribution in [0.5, 0.6) is 0 Å². The number of hydrogen-bond donors (Lipinski definition) is 1. The van der Waals surface area contributed by atoms with E-state index in [4.69, 9.17) is 5.11 Å². The molecule has 0 saturated heterocycles. The number of benzene rings is 1. The zero-order valence-electron chi connectivity index (χ0n) is 12.8. The summed E-state index contributed by atoms with van der Waals surface area (Å²) in [4.78, 5) is 15.1. The van der Waals surface area contributed by atoms with Crippen LogP contribution < -0.4 is 0 Å². The zero-order chi connectivity index (χ0) is 16.9. The summed E-state index contributed by atoms with van der Waals surface area (Å²) >= 11 is 0. The van der Waals surface area contributed by atoms with Crippen LogP contribution in [-0.2, 0) is 12.8 Å². The number of carbonyl (C=O) groups is 1. The molecule has 1 N–H and O–H groups in total. The summed E-state index contributed by atoms with van der Waals surface area (Å²) in [6.07, 6.45) is 0.777. The van der Waals surface area contributed by atoms with Crippen LogP contribution >= 0.6 is 0 Å². The molecule has 1 heterocycles. The van der Waals surface area contributed by atoms with Gasteiger partial charge in [-0.2, -0.15) is 0 Å². The van der Waals surface area contributed by atoms with Gasteiger partial charge >= 0.3 is 5.97 Å². The first-order valence-electron chi connectivity index (χ1n) is 7.45. The van der Waals surface area contributed by atoms with Crippen molar-refractivity contribution in [3.63, 3.8) is 0 Å². The first kappa shape index (κ1) is 15.8. The van der Waals surface area contributed by atoms with E-state index in [1.165, 1.54) is 6.07 Å². The van der Waals surface area contributed by atoms with Crippen molar-refractivity contribution in [1.29, 1.82) is 0 Å². The standard InChI is InChI=1S/C17H16F3NO2/c1-8(2)17(20)4-3-12-10(7-17)5-9-6-11(16(22)23)13(18)14(19)15(9)21-12/h5-6,8H,3-4,7H2,1-2H3,(H,22,23)/t17-/m0/s1. The number of aryl methyl sites for hydroxylation is 1. The van der Waals surface area contributed by atoms with Crippen molar-refractivity contribution in [2.75, 3.05) is 0 Å². The number of carboxylic acids is 1. The predicted octanol–water partition coefficient (Wildman–Crippen LogP) is 4.06. The minimum atomic E-state index is -1.55. The summed E-state index contributed by atoms with van der Waals surface area (Å²) in [7, 11) is 0. The van der Waals surface area contributed by atoms with Crippen LogP contribution in [0.25, 0.3) is 10.9 Å². The maximum Gasteiger partial charge on any atom is 0.338 e. The first-order valence-corrected chi connectivity index (χ1v) is 7.45. The number of halogens is 3. The number of pyridine rings is 1. The second-order valence-electron chi connectivity index (χ2n) is 6.39. The highest BCUT2D eigenvalue weighted by Crippen LogP contribution is 2.38. The Hall–Kier alpha value is -2.11. The summed E-state index contributed by atoms with van der Waals surface area (Å²) in [5.74, 6) is -4.42. The van der Waals surface area contributed by atoms with Crippen LogP contribution in [0.15, 0.2) is 12.1 Å². The van der Waals surface area contributed by atoms with Crippen molar-refractivity contribution in [2.45, 2.75) is 38.8 Å². The molecule has 0 amide bonds. The molecule has 122 valence electrons. The molecular weight excluding hydrogens is 307 g/mol. The molecule has 1 aliphatic rings. The Morgan fingerprint density at radius 2 is 2.00 bits per heavy atom. The van der Waals surface area contributed by atoms with Gasteiger partial charge in [0, 0.05) is 17.5 Å². The molecule has 2 aromatic rings. The molecule has 23 heavy (non-hydrogen) atoms. The van der Waals surface area contributed by atoms with Crippen molar-refractivity contribution in [3.8, 4) is 0 Å². The molecule has 1 atom stereocenters. The van der Waals surface area contributed by atoms with Gasteiger partial charge in [-0.15, -0.1) is 0 Å². The Morgan fingerprint density at radius 3 is 2.61 bits per heavy atom. The van der Waals surface area contributed by atoms with E-state index in [1.807, 2.05) is 0 Å². The molecule has 0 unspecified atom stereocenters. The Kier molecular flexibility index (Phi) is 3.58. The lowest BCUT2D eigenvalue weighted by Crippen LogP contribution is -2.36. The molecule has 3 rings (SSSR count). The zero-order valence-corrected chi connectivity index (χ0v) is 12.8. The van der Waals surface area contributed by atoms with Crippen molar-refractivity contribution < 1.29 is 23.1 Å². The molecule has 0 bridgehead atoms. The summed E-state index contributed by atoms with van der Waals surface area (Å²) in [6.45, 7) is 3.61. The second kappa shape index (κ2) is 5.22. The highest BCUT2D eigenvalue weighted by atomic mass is 19.2. The van der Waals surface area contributed by atoms with Gasteiger partial charge in [-0.1, -0.05) is 13.8 Å². The van der Waals surface area contributed by atoms with Crippen molar-refractivity contribution in [2.24, 2.45) is 5.92 Å². The molecule has 0 aliphatic heterocycles. The minimum absolute atomic E-state index is 0.143. The lowest BCUT2D eigenvalue weighted by Gasteiger charge is -2.34. The van der Waals surface area contributed by atoms with Gasteiger partial charge < -0.3 is 5.11 Å². The number of rotatable bonds is 2. The Labute approximate surface area is 131 Å². The van der Waals surface area contributed by atoms with E-state index in [2.05, 4.69) is 4.98 Å². The monoisotopic (exact) mass is 323 g/mol. The predicted molar refractivity (Wildman–Crippen MR) is 79.3 cm³/mol. The Morgan fingerprint density at radius 1 is 1.30 bits per heavy atom. The van der Waals surface area contributed by atoms with Crippen molar-refractivity contribution in [1.82, 2.24) is 4.98 Å². The smallest absolute Gasteiger partial charge is 0.338 e. The van der Waals surface area contributed by atoms with Gasteiger partial charge in [-0.25, -0.2) is 22.9 Å². The van der Waals surface area contributed by atoms with Crippen LogP contribution in [-0.4, -0.2) is 21.7 Å². The van der Waals surface area contributed by atoms with Gasteiger partial charge in [0.1, 0.15) is 11.2 Å². The largest absolute Gasteiger partial charge is 0.478 e. The Balaban J connectivity index is 2.19. The molecule has 6 heteroatoms. The van der Waals surface area contributed by atoms with Crippen molar-refractivity contribution >= 4 is 16.9 Å². The van der Waals surface area contributed by atoms with E-state index in [9.17, 15) is 18.0 Å². The summed E-state index contributed by atoms with van der Waals surface area (Å²) in [5.41, 5.74) is -1.14.